The van der Waals surface area contributed by atoms with E-state index in [0.29, 0.717) is 5.75 Å². The second-order valence-electron chi connectivity index (χ2n) is 8.28. The number of fused-ring (bicyclic) bond motifs is 1. The van der Waals surface area contributed by atoms with Crippen LogP contribution in [0.3, 0.4) is 0 Å². The van der Waals surface area contributed by atoms with Gasteiger partial charge < -0.3 is 4.90 Å². The summed E-state index contributed by atoms with van der Waals surface area (Å²) in [5, 5.41) is 1.93. The maximum absolute atomic E-state index is 12.8. The molecule has 0 bridgehead atoms. The highest BCUT2D eigenvalue weighted by Gasteiger charge is 2.21. The van der Waals surface area contributed by atoms with Crippen molar-refractivity contribution in [2.75, 3.05) is 18.8 Å². The van der Waals surface area contributed by atoms with Crippen molar-refractivity contribution in [3.05, 3.63) is 53.6 Å². The lowest BCUT2D eigenvalue weighted by Gasteiger charge is -2.30. The number of hydrogen-bond acceptors (Lipinski definition) is 4. The third-order valence-corrected chi connectivity index (χ3v) is 6.85. The summed E-state index contributed by atoms with van der Waals surface area (Å²) in [5.41, 5.74) is 4.38. The number of amides is 1. The normalized spacial score (nSPS) is 15.0. The number of aryl methyl sites for hydroxylation is 2. The van der Waals surface area contributed by atoms with Crippen molar-refractivity contribution in [1.82, 2.24) is 14.9 Å². The van der Waals surface area contributed by atoms with Crippen LogP contribution >= 0.6 is 11.8 Å². The Hall–Kier alpha value is -2.40. The first-order valence-corrected chi connectivity index (χ1v) is 11.8. The highest BCUT2D eigenvalue weighted by atomic mass is 32.2. The summed E-state index contributed by atoms with van der Waals surface area (Å²) >= 11 is 1.54. The topological polar surface area (TPSA) is 46.1 Å². The fourth-order valence-corrected chi connectivity index (χ4v) is 4.78. The van der Waals surface area contributed by atoms with E-state index in [1.807, 2.05) is 17.0 Å². The molecule has 30 heavy (non-hydrogen) atoms. The van der Waals surface area contributed by atoms with Gasteiger partial charge in [-0.2, -0.15) is 0 Å². The van der Waals surface area contributed by atoms with E-state index in [9.17, 15) is 4.79 Å². The van der Waals surface area contributed by atoms with E-state index in [1.54, 1.807) is 11.8 Å². The Morgan fingerprint density at radius 3 is 2.67 bits per heavy atom. The molecule has 2 heterocycles. The van der Waals surface area contributed by atoms with Gasteiger partial charge in [0.15, 0.2) is 5.82 Å². The number of piperidine rings is 1. The van der Waals surface area contributed by atoms with Gasteiger partial charge in [0.05, 0.1) is 11.3 Å². The lowest BCUT2D eigenvalue weighted by Crippen LogP contribution is -2.38. The van der Waals surface area contributed by atoms with E-state index < -0.39 is 0 Å². The van der Waals surface area contributed by atoms with Gasteiger partial charge in [-0.05, 0) is 55.9 Å². The molecule has 0 spiro atoms. The molecule has 0 radical (unpaired) electrons. The number of aromatic nitrogens is 2. The lowest BCUT2D eigenvalue weighted by molar-refractivity contribution is -0.129. The number of hydrogen-bond donors (Lipinski definition) is 0. The summed E-state index contributed by atoms with van der Waals surface area (Å²) in [6.07, 6.45) is 3.17. The van der Waals surface area contributed by atoms with Crippen molar-refractivity contribution in [3.8, 4) is 11.4 Å². The minimum Gasteiger partial charge on any atom is -0.342 e. The van der Waals surface area contributed by atoms with Gasteiger partial charge in [0.1, 0.15) is 5.03 Å². The summed E-state index contributed by atoms with van der Waals surface area (Å²) in [4.78, 5) is 24.5. The second kappa shape index (κ2) is 9.17. The van der Waals surface area contributed by atoms with Crippen molar-refractivity contribution in [3.63, 3.8) is 0 Å². The Bertz CT molecular complexity index is 1060. The lowest BCUT2D eigenvalue weighted by atomic mass is 9.99. The highest BCUT2D eigenvalue weighted by Crippen LogP contribution is 2.30. The van der Waals surface area contributed by atoms with E-state index >= 15 is 0 Å². The van der Waals surface area contributed by atoms with Gasteiger partial charge in [-0.1, -0.05) is 55.4 Å². The first-order valence-electron chi connectivity index (χ1n) is 10.8. The number of carbonyl (C=O) groups is 1. The minimum atomic E-state index is 0.211. The first-order chi connectivity index (χ1) is 14.5. The van der Waals surface area contributed by atoms with Crippen LogP contribution in [0.15, 0.2) is 47.5 Å². The molecule has 0 atom stereocenters. The van der Waals surface area contributed by atoms with E-state index in [-0.39, 0.29) is 5.91 Å². The first kappa shape index (κ1) is 20.9. The number of likely N-dealkylation sites (tertiary alicyclic amines) is 1. The van der Waals surface area contributed by atoms with Crippen LogP contribution in [0.5, 0.6) is 0 Å². The van der Waals surface area contributed by atoms with Gasteiger partial charge in [-0.15, -0.1) is 0 Å². The molecule has 5 heteroatoms. The maximum atomic E-state index is 12.8. The zero-order valence-electron chi connectivity index (χ0n) is 18.0. The summed E-state index contributed by atoms with van der Waals surface area (Å²) in [5.74, 6) is 2.07. The number of carbonyl (C=O) groups excluding carboxylic acids is 1. The molecule has 1 saturated heterocycles. The molecule has 0 unspecified atom stereocenters. The van der Waals surface area contributed by atoms with Crippen molar-refractivity contribution >= 4 is 28.6 Å². The van der Waals surface area contributed by atoms with Crippen LogP contribution < -0.4 is 0 Å². The number of thioether (sulfide) groups is 1. The smallest absolute Gasteiger partial charge is 0.232 e. The summed E-state index contributed by atoms with van der Waals surface area (Å²) in [7, 11) is 0. The molecule has 2 aromatic carbocycles. The molecular weight excluding hydrogens is 390 g/mol. The molecule has 0 saturated carbocycles. The molecule has 4 rings (SSSR count). The number of benzene rings is 2. The van der Waals surface area contributed by atoms with E-state index in [1.165, 1.54) is 11.1 Å². The number of rotatable bonds is 5. The highest BCUT2D eigenvalue weighted by molar-refractivity contribution is 8.00. The largest absolute Gasteiger partial charge is 0.342 e. The molecule has 1 fully saturated rings. The Balaban J connectivity index is 1.64. The maximum Gasteiger partial charge on any atom is 0.232 e. The summed E-state index contributed by atoms with van der Waals surface area (Å²) in [6, 6.07) is 14.6. The molecular formula is C25H29N3OS. The van der Waals surface area contributed by atoms with Crippen LogP contribution in [-0.4, -0.2) is 39.6 Å². The Labute approximate surface area is 183 Å². The van der Waals surface area contributed by atoms with Crippen LogP contribution in [0, 0.1) is 12.8 Å². The molecule has 1 aliphatic rings. The monoisotopic (exact) mass is 419 g/mol. The van der Waals surface area contributed by atoms with Gasteiger partial charge in [-0.3, -0.25) is 4.79 Å². The van der Waals surface area contributed by atoms with E-state index in [4.69, 9.17) is 9.97 Å². The zero-order valence-corrected chi connectivity index (χ0v) is 18.8. The van der Waals surface area contributed by atoms with E-state index in [2.05, 4.69) is 51.1 Å². The van der Waals surface area contributed by atoms with Crippen LogP contribution in [0.2, 0.25) is 0 Å². The second-order valence-corrected chi connectivity index (χ2v) is 9.24. The van der Waals surface area contributed by atoms with Crippen molar-refractivity contribution in [2.45, 2.75) is 45.1 Å². The molecule has 0 N–H and O–H groups in total. The molecule has 0 aliphatic carbocycles. The van der Waals surface area contributed by atoms with Crippen molar-refractivity contribution in [2.24, 2.45) is 5.92 Å². The average Bonchev–Trinajstić information content (AvgIpc) is 2.77. The van der Waals surface area contributed by atoms with Crippen molar-refractivity contribution in [1.29, 1.82) is 0 Å². The quantitative estimate of drug-likeness (QED) is 0.404. The Morgan fingerprint density at radius 2 is 1.93 bits per heavy atom. The fourth-order valence-electron chi connectivity index (χ4n) is 3.87. The van der Waals surface area contributed by atoms with Gasteiger partial charge in [0, 0.05) is 24.0 Å². The van der Waals surface area contributed by atoms with Crippen LogP contribution in [-0.2, 0) is 11.2 Å². The molecule has 4 nitrogen and oxygen atoms in total. The van der Waals surface area contributed by atoms with Gasteiger partial charge in [0.25, 0.3) is 0 Å². The average molecular weight is 420 g/mol. The molecule has 1 amide bonds. The predicted molar refractivity (Wildman–Crippen MR) is 125 cm³/mol. The molecule has 1 aliphatic heterocycles. The standard InChI is InChI=1S/C25H29N3OS/c1-4-19-8-9-22-21(15-19)25(27-24(26-22)20-7-5-6-18(3)14-20)30-16-23(29)28-12-10-17(2)11-13-28/h5-9,14-15,17H,4,10-13,16H2,1-3H3. The Kier molecular flexibility index (Phi) is 6.38. The van der Waals surface area contributed by atoms with Crippen LogP contribution in [0.25, 0.3) is 22.3 Å². The van der Waals surface area contributed by atoms with Gasteiger partial charge >= 0.3 is 0 Å². The third-order valence-electron chi connectivity index (χ3n) is 5.88. The van der Waals surface area contributed by atoms with Gasteiger partial charge in [-0.25, -0.2) is 9.97 Å². The van der Waals surface area contributed by atoms with Crippen LogP contribution in [0.1, 0.15) is 37.8 Å². The van der Waals surface area contributed by atoms with E-state index in [0.717, 1.165) is 65.6 Å². The predicted octanol–water partition coefficient (Wildman–Crippen LogP) is 5.52. The van der Waals surface area contributed by atoms with Crippen LogP contribution in [0.4, 0.5) is 0 Å². The summed E-state index contributed by atoms with van der Waals surface area (Å²) < 4.78 is 0. The Morgan fingerprint density at radius 1 is 1.13 bits per heavy atom. The molecule has 3 aromatic rings. The molecule has 156 valence electrons. The van der Waals surface area contributed by atoms with Crippen molar-refractivity contribution < 1.29 is 4.79 Å². The zero-order chi connectivity index (χ0) is 21.1. The van der Waals surface area contributed by atoms with Gasteiger partial charge in [0.2, 0.25) is 5.91 Å². The third kappa shape index (κ3) is 4.67. The minimum absolute atomic E-state index is 0.211. The summed E-state index contributed by atoms with van der Waals surface area (Å²) in [6.45, 7) is 8.24. The SMILES string of the molecule is CCc1ccc2nc(-c3cccc(C)c3)nc(SCC(=O)N3CCC(C)CC3)c2c1. The molecule has 1 aromatic heterocycles. The fraction of sp³-hybridized carbons (Fsp3) is 0.400. The number of nitrogens with zero attached hydrogens (tertiary/aromatic N) is 3.